The Morgan fingerprint density at radius 3 is 2.82 bits per heavy atom. The lowest BCUT2D eigenvalue weighted by molar-refractivity contribution is -0.130. The fourth-order valence-corrected chi connectivity index (χ4v) is 1.75. The molecule has 0 unspecified atom stereocenters. The third-order valence-electron chi connectivity index (χ3n) is 2.51. The van der Waals surface area contributed by atoms with Gasteiger partial charge in [0.15, 0.2) is 0 Å². The van der Waals surface area contributed by atoms with Crippen molar-refractivity contribution in [2.45, 2.75) is 25.8 Å². The van der Waals surface area contributed by atoms with Gasteiger partial charge in [0.25, 0.3) is 0 Å². The molecule has 0 aliphatic heterocycles. The molecule has 0 spiro atoms. The maximum absolute atomic E-state index is 12.9. The second-order valence-electron chi connectivity index (χ2n) is 4.03. The van der Waals surface area contributed by atoms with Crippen LogP contribution in [0.15, 0.2) is 24.3 Å². The van der Waals surface area contributed by atoms with E-state index in [2.05, 4.69) is 0 Å². The Kier molecular flexibility index (Phi) is 5.98. The predicted octanol–water partition coefficient (Wildman–Crippen LogP) is 3.19. The molecule has 0 atom stereocenters. The van der Waals surface area contributed by atoms with Crippen molar-refractivity contribution in [2.24, 2.45) is 0 Å². The number of halogens is 2. The second-order valence-corrected chi connectivity index (χ2v) is 4.40. The first kappa shape index (κ1) is 14.0. The Hall–Kier alpha value is -1.09. The van der Waals surface area contributed by atoms with Crippen LogP contribution in [-0.2, 0) is 11.3 Å². The highest BCUT2D eigenvalue weighted by Gasteiger charge is 2.08. The van der Waals surface area contributed by atoms with Crippen LogP contribution in [0.3, 0.4) is 0 Å². The van der Waals surface area contributed by atoms with E-state index in [4.69, 9.17) is 11.6 Å². The third-order valence-corrected chi connectivity index (χ3v) is 2.78. The van der Waals surface area contributed by atoms with Gasteiger partial charge in [-0.05, 0) is 30.5 Å². The van der Waals surface area contributed by atoms with E-state index in [9.17, 15) is 9.18 Å². The standard InChI is InChI=1S/C13H17ClFNO/c1-16(13(17)7-2-3-8-14)10-11-5-4-6-12(15)9-11/h4-6,9H,2-3,7-8,10H2,1H3. The van der Waals surface area contributed by atoms with Gasteiger partial charge in [-0.2, -0.15) is 0 Å². The molecule has 0 saturated carbocycles. The Bertz CT molecular complexity index is 370. The molecule has 0 N–H and O–H groups in total. The molecule has 1 aromatic rings. The number of carbonyl (C=O) groups excluding carboxylic acids is 1. The van der Waals surface area contributed by atoms with E-state index in [1.165, 1.54) is 12.1 Å². The van der Waals surface area contributed by atoms with Crippen molar-refractivity contribution < 1.29 is 9.18 Å². The molecule has 0 aromatic heterocycles. The summed E-state index contributed by atoms with van der Waals surface area (Å²) in [5.74, 6) is 0.380. The Labute approximate surface area is 106 Å². The van der Waals surface area contributed by atoms with Crippen molar-refractivity contribution >= 4 is 17.5 Å². The molecular weight excluding hydrogens is 241 g/mol. The summed E-state index contributed by atoms with van der Waals surface area (Å²) in [7, 11) is 1.73. The molecule has 2 nitrogen and oxygen atoms in total. The van der Waals surface area contributed by atoms with E-state index in [1.54, 1.807) is 18.0 Å². The van der Waals surface area contributed by atoms with Crippen molar-refractivity contribution in [1.82, 2.24) is 4.90 Å². The molecule has 0 heterocycles. The number of amides is 1. The largest absolute Gasteiger partial charge is 0.341 e. The molecule has 1 rings (SSSR count). The van der Waals surface area contributed by atoms with Gasteiger partial charge in [-0.1, -0.05) is 12.1 Å². The summed E-state index contributed by atoms with van der Waals surface area (Å²) in [5, 5.41) is 0. The van der Waals surface area contributed by atoms with Crippen LogP contribution in [0.5, 0.6) is 0 Å². The van der Waals surface area contributed by atoms with E-state index < -0.39 is 0 Å². The minimum absolute atomic E-state index is 0.0689. The molecular formula is C13H17ClFNO. The molecule has 4 heteroatoms. The average molecular weight is 258 g/mol. The van der Waals surface area contributed by atoms with Gasteiger partial charge < -0.3 is 4.90 Å². The van der Waals surface area contributed by atoms with Gasteiger partial charge in [-0.25, -0.2) is 4.39 Å². The minimum atomic E-state index is -0.273. The summed E-state index contributed by atoms with van der Waals surface area (Å²) >= 11 is 5.55. The van der Waals surface area contributed by atoms with Crippen LogP contribution >= 0.6 is 11.6 Å². The number of carbonyl (C=O) groups is 1. The molecule has 0 aliphatic carbocycles. The monoisotopic (exact) mass is 257 g/mol. The lowest BCUT2D eigenvalue weighted by atomic mass is 10.2. The second kappa shape index (κ2) is 7.28. The molecule has 0 saturated heterocycles. The molecule has 0 fully saturated rings. The number of unbranched alkanes of at least 4 members (excludes halogenated alkanes) is 1. The van der Waals surface area contributed by atoms with Gasteiger partial charge in [0.2, 0.25) is 5.91 Å². The highest BCUT2D eigenvalue weighted by Crippen LogP contribution is 2.08. The number of alkyl halides is 1. The van der Waals surface area contributed by atoms with Crippen LogP contribution < -0.4 is 0 Å². The fraction of sp³-hybridized carbons (Fsp3) is 0.462. The lowest BCUT2D eigenvalue weighted by Gasteiger charge is -2.17. The summed E-state index contributed by atoms with van der Waals surface area (Å²) < 4.78 is 12.9. The number of hydrogen-bond donors (Lipinski definition) is 0. The van der Waals surface area contributed by atoms with E-state index in [0.717, 1.165) is 18.4 Å². The molecule has 0 radical (unpaired) electrons. The first-order chi connectivity index (χ1) is 8.13. The average Bonchev–Trinajstić information content (AvgIpc) is 2.29. The van der Waals surface area contributed by atoms with E-state index >= 15 is 0 Å². The van der Waals surface area contributed by atoms with Gasteiger partial charge in [0, 0.05) is 25.9 Å². The first-order valence-electron chi connectivity index (χ1n) is 5.68. The molecule has 1 amide bonds. The van der Waals surface area contributed by atoms with Crippen LogP contribution in [0.4, 0.5) is 4.39 Å². The smallest absolute Gasteiger partial charge is 0.222 e. The lowest BCUT2D eigenvalue weighted by Crippen LogP contribution is -2.25. The van der Waals surface area contributed by atoms with Gasteiger partial charge >= 0.3 is 0 Å². The maximum atomic E-state index is 12.9. The Balaban J connectivity index is 2.43. The van der Waals surface area contributed by atoms with Gasteiger partial charge in [-0.15, -0.1) is 11.6 Å². The zero-order valence-corrected chi connectivity index (χ0v) is 10.7. The Morgan fingerprint density at radius 1 is 1.41 bits per heavy atom. The summed E-state index contributed by atoms with van der Waals surface area (Å²) in [6, 6.07) is 6.30. The van der Waals surface area contributed by atoms with Crippen molar-refractivity contribution in [3.63, 3.8) is 0 Å². The number of hydrogen-bond acceptors (Lipinski definition) is 1. The molecule has 94 valence electrons. The van der Waals surface area contributed by atoms with E-state index in [1.807, 2.05) is 6.07 Å². The summed E-state index contributed by atoms with van der Waals surface area (Å²) in [4.78, 5) is 13.3. The number of nitrogens with zero attached hydrogens (tertiary/aromatic N) is 1. The fourth-order valence-electron chi connectivity index (χ4n) is 1.56. The quantitative estimate of drug-likeness (QED) is 0.566. The van der Waals surface area contributed by atoms with E-state index in [-0.39, 0.29) is 11.7 Å². The highest BCUT2D eigenvalue weighted by atomic mass is 35.5. The molecule has 17 heavy (non-hydrogen) atoms. The van der Waals surface area contributed by atoms with Crippen LogP contribution in [-0.4, -0.2) is 23.7 Å². The topological polar surface area (TPSA) is 20.3 Å². The number of benzene rings is 1. The van der Waals surface area contributed by atoms with Gasteiger partial charge in [0.05, 0.1) is 0 Å². The van der Waals surface area contributed by atoms with Gasteiger partial charge in [-0.3, -0.25) is 4.79 Å². The zero-order valence-electron chi connectivity index (χ0n) is 9.96. The van der Waals surface area contributed by atoms with Crippen LogP contribution in [0.25, 0.3) is 0 Å². The number of rotatable bonds is 6. The Morgan fingerprint density at radius 2 is 2.18 bits per heavy atom. The van der Waals surface area contributed by atoms with E-state index in [0.29, 0.717) is 18.8 Å². The third kappa shape index (κ3) is 5.18. The van der Waals surface area contributed by atoms with Crippen molar-refractivity contribution in [1.29, 1.82) is 0 Å². The summed E-state index contributed by atoms with van der Waals surface area (Å²) in [5.41, 5.74) is 0.804. The zero-order chi connectivity index (χ0) is 12.7. The minimum Gasteiger partial charge on any atom is -0.341 e. The van der Waals surface area contributed by atoms with Crippen LogP contribution in [0.1, 0.15) is 24.8 Å². The van der Waals surface area contributed by atoms with Crippen molar-refractivity contribution in [3.8, 4) is 0 Å². The van der Waals surface area contributed by atoms with Crippen molar-refractivity contribution in [2.75, 3.05) is 12.9 Å². The maximum Gasteiger partial charge on any atom is 0.222 e. The van der Waals surface area contributed by atoms with Crippen LogP contribution in [0.2, 0.25) is 0 Å². The first-order valence-corrected chi connectivity index (χ1v) is 6.21. The SMILES string of the molecule is CN(Cc1cccc(F)c1)C(=O)CCCCCl. The molecule has 0 bridgehead atoms. The predicted molar refractivity (Wildman–Crippen MR) is 67.4 cm³/mol. The normalized spacial score (nSPS) is 10.3. The van der Waals surface area contributed by atoms with Crippen molar-refractivity contribution in [3.05, 3.63) is 35.6 Å². The molecule has 0 aliphatic rings. The molecule has 1 aromatic carbocycles. The summed E-state index contributed by atoms with van der Waals surface area (Å²) in [6.45, 7) is 0.442. The summed E-state index contributed by atoms with van der Waals surface area (Å²) in [6.07, 6.45) is 2.15. The van der Waals surface area contributed by atoms with Gasteiger partial charge in [0.1, 0.15) is 5.82 Å². The highest BCUT2D eigenvalue weighted by molar-refractivity contribution is 6.17. The van der Waals surface area contributed by atoms with Crippen LogP contribution in [0, 0.1) is 5.82 Å².